The van der Waals surface area contributed by atoms with E-state index >= 15 is 0 Å². The molecule has 1 heterocycles. The number of fused-ring (bicyclic) bond motifs is 1. The molecule has 0 saturated heterocycles. The molecule has 18 heavy (non-hydrogen) atoms. The second kappa shape index (κ2) is 5.81. The first-order valence-electron chi connectivity index (χ1n) is 6.16. The van der Waals surface area contributed by atoms with E-state index in [9.17, 15) is 4.79 Å². The van der Waals surface area contributed by atoms with Gasteiger partial charge in [0, 0.05) is 6.54 Å². The number of unbranched alkanes of at least 4 members (excludes halogenated alkanes) is 2. The molecular formula is C13H16Cl2N2O. The number of rotatable bonds is 4. The van der Waals surface area contributed by atoms with Gasteiger partial charge in [-0.1, -0.05) is 43.0 Å². The zero-order valence-corrected chi connectivity index (χ0v) is 11.8. The topological polar surface area (TPSA) is 32.3 Å². The van der Waals surface area contributed by atoms with Crippen LogP contribution in [0.5, 0.6) is 0 Å². The Morgan fingerprint density at radius 3 is 2.72 bits per heavy atom. The first-order chi connectivity index (χ1) is 8.63. The Hall–Kier alpha value is -0.930. The van der Waals surface area contributed by atoms with Crippen LogP contribution in [0.3, 0.4) is 0 Å². The van der Waals surface area contributed by atoms with Crippen molar-refractivity contribution in [1.29, 1.82) is 0 Å². The number of nitrogens with zero attached hydrogens (tertiary/aromatic N) is 1. The highest BCUT2D eigenvalue weighted by atomic mass is 35.5. The van der Waals surface area contributed by atoms with Gasteiger partial charge in [-0.3, -0.25) is 4.79 Å². The number of amides is 1. The van der Waals surface area contributed by atoms with Crippen LogP contribution < -0.4 is 10.2 Å². The number of halogens is 2. The van der Waals surface area contributed by atoms with Crippen molar-refractivity contribution in [3.8, 4) is 0 Å². The lowest BCUT2D eigenvalue weighted by Crippen LogP contribution is -2.40. The summed E-state index contributed by atoms with van der Waals surface area (Å²) in [4.78, 5) is 13.7. The Balaban J connectivity index is 2.26. The Kier molecular flexibility index (Phi) is 4.36. The molecule has 0 radical (unpaired) electrons. The van der Waals surface area contributed by atoms with Gasteiger partial charge < -0.3 is 10.2 Å². The van der Waals surface area contributed by atoms with Crippen molar-refractivity contribution in [2.24, 2.45) is 0 Å². The quantitative estimate of drug-likeness (QED) is 0.851. The number of benzene rings is 1. The maximum Gasteiger partial charge on any atom is 0.246 e. The van der Waals surface area contributed by atoms with E-state index < -0.39 is 0 Å². The van der Waals surface area contributed by atoms with Crippen molar-refractivity contribution in [3.05, 3.63) is 22.2 Å². The highest BCUT2D eigenvalue weighted by molar-refractivity contribution is 6.42. The lowest BCUT2D eigenvalue weighted by atomic mass is 10.1. The summed E-state index contributed by atoms with van der Waals surface area (Å²) in [7, 11) is 0. The highest BCUT2D eigenvalue weighted by Crippen LogP contribution is 2.36. The predicted octanol–water partition coefficient (Wildman–Crippen LogP) is 3.94. The maximum atomic E-state index is 11.9. The van der Waals surface area contributed by atoms with E-state index in [1.54, 1.807) is 17.0 Å². The highest BCUT2D eigenvalue weighted by Gasteiger charge is 2.24. The smallest absolute Gasteiger partial charge is 0.246 e. The second-order valence-electron chi connectivity index (χ2n) is 4.39. The van der Waals surface area contributed by atoms with Gasteiger partial charge in [0.25, 0.3) is 0 Å². The van der Waals surface area contributed by atoms with Gasteiger partial charge in [0.1, 0.15) is 0 Å². The molecule has 0 saturated carbocycles. The number of nitrogens with one attached hydrogen (secondary N) is 1. The van der Waals surface area contributed by atoms with E-state index in [4.69, 9.17) is 23.2 Å². The van der Waals surface area contributed by atoms with E-state index in [1.807, 2.05) is 0 Å². The van der Waals surface area contributed by atoms with Crippen molar-refractivity contribution in [2.75, 3.05) is 23.3 Å². The molecule has 0 bridgehead atoms. The van der Waals surface area contributed by atoms with E-state index in [2.05, 4.69) is 12.2 Å². The molecule has 98 valence electrons. The summed E-state index contributed by atoms with van der Waals surface area (Å²) in [5, 5.41) is 4.05. The van der Waals surface area contributed by atoms with Crippen LogP contribution in [-0.2, 0) is 4.79 Å². The Labute approximate surface area is 117 Å². The number of hydrogen-bond donors (Lipinski definition) is 1. The summed E-state index contributed by atoms with van der Waals surface area (Å²) in [6.45, 7) is 3.20. The maximum absolute atomic E-state index is 11.9. The van der Waals surface area contributed by atoms with Crippen molar-refractivity contribution < 1.29 is 4.79 Å². The third-order valence-corrected chi connectivity index (χ3v) is 3.77. The fourth-order valence-corrected chi connectivity index (χ4v) is 2.39. The number of carbonyl (C=O) groups excluding carboxylic acids is 1. The third kappa shape index (κ3) is 2.73. The van der Waals surface area contributed by atoms with Crippen LogP contribution in [0, 0.1) is 0 Å². The van der Waals surface area contributed by atoms with Crippen molar-refractivity contribution in [3.63, 3.8) is 0 Å². The lowest BCUT2D eigenvalue weighted by Gasteiger charge is -2.30. The largest absolute Gasteiger partial charge is 0.374 e. The number of carbonyl (C=O) groups is 1. The first-order valence-corrected chi connectivity index (χ1v) is 6.92. The first kappa shape index (κ1) is 13.5. The predicted molar refractivity (Wildman–Crippen MR) is 76.8 cm³/mol. The summed E-state index contributed by atoms with van der Waals surface area (Å²) in [5.41, 5.74) is 1.71. The molecule has 1 aromatic carbocycles. The molecule has 0 atom stereocenters. The van der Waals surface area contributed by atoms with Gasteiger partial charge in [-0.2, -0.15) is 0 Å². The molecular weight excluding hydrogens is 271 g/mol. The van der Waals surface area contributed by atoms with Crippen LogP contribution in [0.1, 0.15) is 26.2 Å². The summed E-state index contributed by atoms with van der Waals surface area (Å²) in [5.74, 6) is 0.0805. The van der Waals surface area contributed by atoms with Gasteiger partial charge in [-0.05, 0) is 18.6 Å². The second-order valence-corrected chi connectivity index (χ2v) is 5.20. The average molecular weight is 287 g/mol. The zero-order chi connectivity index (χ0) is 13.1. The molecule has 3 nitrogen and oxygen atoms in total. The average Bonchev–Trinajstić information content (AvgIpc) is 2.35. The van der Waals surface area contributed by atoms with Crippen LogP contribution in [0.4, 0.5) is 11.4 Å². The van der Waals surface area contributed by atoms with Crippen molar-refractivity contribution in [1.82, 2.24) is 0 Å². The minimum atomic E-state index is 0.0805. The van der Waals surface area contributed by atoms with Crippen LogP contribution in [0.2, 0.25) is 10.0 Å². The van der Waals surface area contributed by atoms with E-state index in [1.165, 1.54) is 0 Å². The van der Waals surface area contributed by atoms with Crippen LogP contribution in [0.15, 0.2) is 12.1 Å². The van der Waals surface area contributed by atoms with Gasteiger partial charge in [0.15, 0.2) is 0 Å². The summed E-state index contributed by atoms with van der Waals surface area (Å²) < 4.78 is 0. The molecule has 1 aliphatic rings. The number of anilines is 2. The van der Waals surface area contributed by atoms with Crippen LogP contribution >= 0.6 is 23.2 Å². The molecule has 0 fully saturated rings. The van der Waals surface area contributed by atoms with E-state index in [0.717, 1.165) is 37.2 Å². The fraction of sp³-hybridized carbons (Fsp3) is 0.462. The normalized spacial score (nSPS) is 14.4. The van der Waals surface area contributed by atoms with Gasteiger partial charge in [0.2, 0.25) is 5.91 Å². The Bertz CT molecular complexity index is 463. The van der Waals surface area contributed by atoms with Crippen LogP contribution in [0.25, 0.3) is 0 Å². The monoisotopic (exact) mass is 286 g/mol. The van der Waals surface area contributed by atoms with Gasteiger partial charge >= 0.3 is 0 Å². The molecule has 1 amide bonds. The van der Waals surface area contributed by atoms with Crippen LogP contribution in [-0.4, -0.2) is 19.0 Å². The molecule has 1 N–H and O–H groups in total. The minimum Gasteiger partial charge on any atom is -0.374 e. The Morgan fingerprint density at radius 1 is 1.28 bits per heavy atom. The molecule has 0 aromatic heterocycles. The van der Waals surface area contributed by atoms with E-state index in [-0.39, 0.29) is 5.91 Å². The zero-order valence-electron chi connectivity index (χ0n) is 10.3. The molecule has 5 heteroatoms. The van der Waals surface area contributed by atoms with Gasteiger partial charge in [-0.15, -0.1) is 0 Å². The molecule has 2 rings (SSSR count). The summed E-state index contributed by atoms with van der Waals surface area (Å²) in [6.07, 6.45) is 3.25. The van der Waals surface area contributed by atoms with Gasteiger partial charge in [-0.25, -0.2) is 0 Å². The molecule has 0 aliphatic carbocycles. The van der Waals surface area contributed by atoms with Crippen molar-refractivity contribution in [2.45, 2.75) is 26.2 Å². The van der Waals surface area contributed by atoms with Crippen molar-refractivity contribution >= 4 is 40.5 Å². The number of hydrogen-bond acceptors (Lipinski definition) is 2. The molecule has 1 aromatic rings. The minimum absolute atomic E-state index is 0.0805. The molecule has 0 spiro atoms. The summed E-state index contributed by atoms with van der Waals surface area (Å²) >= 11 is 12.0. The van der Waals surface area contributed by atoms with E-state index in [0.29, 0.717) is 16.6 Å². The standard InChI is InChI=1S/C13H16Cl2N2O/c1-2-3-4-5-17-12-7-10(15)9(14)6-11(12)16-8-13(17)18/h6-7,16H,2-5,8H2,1H3. The third-order valence-electron chi connectivity index (χ3n) is 3.05. The van der Waals surface area contributed by atoms with Gasteiger partial charge in [0.05, 0.1) is 28.0 Å². The summed E-state index contributed by atoms with van der Waals surface area (Å²) in [6, 6.07) is 3.54. The SMILES string of the molecule is CCCCCN1C(=O)CNc2cc(Cl)c(Cl)cc21. The molecule has 0 unspecified atom stereocenters. The molecule has 1 aliphatic heterocycles. The fourth-order valence-electron chi connectivity index (χ4n) is 2.07. The lowest BCUT2D eigenvalue weighted by molar-refractivity contribution is -0.117. The Morgan fingerprint density at radius 2 is 2.00 bits per heavy atom.